The predicted octanol–water partition coefficient (Wildman–Crippen LogP) is 1.31. The Balaban J connectivity index is 1.93. The monoisotopic (exact) mass is 219 g/mol. The summed E-state index contributed by atoms with van der Waals surface area (Å²) in [5.74, 6) is 0.395. The predicted molar refractivity (Wildman–Crippen MR) is 60.2 cm³/mol. The van der Waals surface area contributed by atoms with Gasteiger partial charge in [0.2, 0.25) is 0 Å². The minimum absolute atomic E-state index is 0.293. The molecule has 1 amide bonds. The Labute approximate surface area is 91.5 Å². The fourth-order valence-electron chi connectivity index (χ4n) is 1.06. The van der Waals surface area contributed by atoms with Gasteiger partial charge in [-0.2, -0.15) is 4.99 Å². The average Bonchev–Trinajstić information content (AvgIpc) is 2.57. The van der Waals surface area contributed by atoms with Crippen molar-refractivity contribution in [1.29, 1.82) is 0 Å². The van der Waals surface area contributed by atoms with E-state index >= 15 is 0 Å². The minimum atomic E-state index is -0.293. The molecule has 0 saturated heterocycles. The van der Waals surface area contributed by atoms with Crippen LogP contribution >= 0.6 is 11.8 Å². The van der Waals surface area contributed by atoms with E-state index in [1.165, 1.54) is 11.8 Å². The first-order valence-corrected chi connectivity index (χ1v) is 5.36. The number of hydrogen-bond acceptors (Lipinski definition) is 4. The summed E-state index contributed by atoms with van der Waals surface area (Å²) in [6.45, 7) is 3.54. The molecule has 0 aliphatic carbocycles. The lowest BCUT2D eigenvalue weighted by Gasteiger charge is -2.00. The highest BCUT2D eigenvalue weighted by Crippen LogP contribution is 2.15. The zero-order valence-electron chi connectivity index (χ0n) is 7.93. The third kappa shape index (κ3) is 2.44. The molecule has 76 valence electrons. The van der Waals surface area contributed by atoms with E-state index in [-0.39, 0.29) is 5.91 Å². The Morgan fingerprint density at radius 1 is 1.47 bits per heavy atom. The molecule has 15 heavy (non-hydrogen) atoms. The lowest BCUT2D eigenvalue weighted by Crippen LogP contribution is -2.13. The van der Waals surface area contributed by atoms with Gasteiger partial charge < -0.3 is 5.32 Å². The summed E-state index contributed by atoms with van der Waals surface area (Å²) in [7, 11) is 0. The van der Waals surface area contributed by atoms with Gasteiger partial charge in [0, 0.05) is 11.9 Å². The minimum Gasteiger partial charge on any atom is -0.330 e. The van der Waals surface area contributed by atoms with Crippen LogP contribution in [0.1, 0.15) is 5.69 Å². The number of pyridine rings is 1. The zero-order valence-corrected chi connectivity index (χ0v) is 8.75. The molecule has 1 aliphatic rings. The third-order valence-electron chi connectivity index (χ3n) is 1.80. The molecule has 0 spiro atoms. The second kappa shape index (κ2) is 4.27. The van der Waals surface area contributed by atoms with Crippen LogP contribution in [0.4, 0.5) is 0 Å². The maximum Gasteiger partial charge on any atom is 0.295 e. The standard InChI is InChI=1S/C10H9N3OS/c1-7-9(14)13-10(12-7)15-6-8-4-2-3-5-11-8/h2-5H,1,6H2,(H,12,13,14). The van der Waals surface area contributed by atoms with E-state index in [1.807, 2.05) is 18.2 Å². The van der Waals surface area contributed by atoms with Gasteiger partial charge in [-0.05, 0) is 12.1 Å². The highest BCUT2D eigenvalue weighted by molar-refractivity contribution is 8.13. The highest BCUT2D eigenvalue weighted by atomic mass is 32.2. The first-order chi connectivity index (χ1) is 7.25. The molecule has 2 rings (SSSR count). The Hall–Kier alpha value is -1.62. The Kier molecular flexibility index (Phi) is 2.82. The number of carbonyl (C=O) groups is 1. The second-order valence-corrected chi connectivity index (χ2v) is 3.90. The van der Waals surface area contributed by atoms with E-state index < -0.39 is 0 Å². The van der Waals surface area contributed by atoms with Crippen LogP contribution in [0.25, 0.3) is 0 Å². The average molecular weight is 219 g/mol. The van der Waals surface area contributed by atoms with E-state index in [9.17, 15) is 4.79 Å². The first kappa shape index (κ1) is 9.92. The molecule has 4 nitrogen and oxygen atoms in total. The molecule has 1 aromatic heterocycles. The largest absolute Gasteiger partial charge is 0.330 e. The number of thioether (sulfide) groups is 1. The van der Waals surface area contributed by atoms with Gasteiger partial charge >= 0.3 is 0 Å². The topological polar surface area (TPSA) is 54.4 Å². The van der Waals surface area contributed by atoms with Crippen molar-refractivity contribution >= 4 is 22.8 Å². The van der Waals surface area contributed by atoms with Gasteiger partial charge in [0.05, 0.1) is 5.69 Å². The van der Waals surface area contributed by atoms with Crippen molar-refractivity contribution < 1.29 is 4.79 Å². The summed E-state index contributed by atoms with van der Waals surface area (Å²) in [5.41, 5.74) is 1.29. The maximum atomic E-state index is 11.0. The number of amidine groups is 1. The number of rotatable bonds is 2. The lowest BCUT2D eigenvalue weighted by atomic mass is 10.4. The van der Waals surface area contributed by atoms with E-state index in [1.54, 1.807) is 6.20 Å². The van der Waals surface area contributed by atoms with Crippen LogP contribution in [0.5, 0.6) is 0 Å². The van der Waals surface area contributed by atoms with E-state index in [0.717, 1.165) is 5.69 Å². The second-order valence-electron chi connectivity index (χ2n) is 2.94. The van der Waals surface area contributed by atoms with Crippen molar-refractivity contribution in [2.24, 2.45) is 4.99 Å². The molecule has 0 radical (unpaired) electrons. The van der Waals surface area contributed by atoms with Crippen LogP contribution in [-0.4, -0.2) is 16.1 Å². The smallest absolute Gasteiger partial charge is 0.295 e. The molecule has 5 heteroatoms. The van der Waals surface area contributed by atoms with E-state index in [0.29, 0.717) is 16.6 Å². The number of amides is 1. The molecule has 1 N–H and O–H groups in total. The van der Waals surface area contributed by atoms with Crippen LogP contribution in [0.2, 0.25) is 0 Å². The molecule has 0 bridgehead atoms. The maximum absolute atomic E-state index is 11.0. The number of carbonyl (C=O) groups excluding carboxylic acids is 1. The van der Waals surface area contributed by atoms with Crippen molar-refractivity contribution in [1.82, 2.24) is 10.3 Å². The van der Waals surface area contributed by atoms with Gasteiger partial charge in [-0.15, -0.1) is 0 Å². The summed E-state index contributed by atoms with van der Waals surface area (Å²) in [4.78, 5) is 19.0. The van der Waals surface area contributed by atoms with E-state index in [2.05, 4.69) is 21.9 Å². The SMILES string of the molecule is C=C1NC(SCc2ccccn2)=NC1=O. The van der Waals surface area contributed by atoms with Crippen molar-refractivity contribution in [2.45, 2.75) is 5.75 Å². The molecule has 2 heterocycles. The van der Waals surface area contributed by atoms with Crippen LogP contribution in [0.3, 0.4) is 0 Å². The number of nitrogens with zero attached hydrogens (tertiary/aromatic N) is 2. The molecular formula is C10H9N3OS. The van der Waals surface area contributed by atoms with Gasteiger partial charge in [0.1, 0.15) is 5.70 Å². The molecule has 0 unspecified atom stereocenters. The summed E-state index contributed by atoms with van der Waals surface area (Å²) < 4.78 is 0. The fraction of sp³-hybridized carbons (Fsp3) is 0.100. The summed E-state index contributed by atoms with van der Waals surface area (Å²) in [5, 5.41) is 3.41. The zero-order chi connectivity index (χ0) is 10.7. The van der Waals surface area contributed by atoms with Crippen LogP contribution < -0.4 is 5.32 Å². The molecule has 0 fully saturated rings. The van der Waals surface area contributed by atoms with Crippen LogP contribution in [0, 0.1) is 0 Å². The summed E-state index contributed by atoms with van der Waals surface area (Å²) >= 11 is 1.44. The van der Waals surface area contributed by atoms with Gasteiger partial charge in [0.15, 0.2) is 5.17 Å². The molecule has 0 atom stereocenters. The Morgan fingerprint density at radius 2 is 2.33 bits per heavy atom. The van der Waals surface area contributed by atoms with Crippen molar-refractivity contribution in [3.8, 4) is 0 Å². The van der Waals surface area contributed by atoms with Gasteiger partial charge in [-0.25, -0.2) is 0 Å². The Morgan fingerprint density at radius 3 is 2.93 bits per heavy atom. The normalized spacial score (nSPS) is 15.1. The number of hydrogen-bond donors (Lipinski definition) is 1. The van der Waals surface area contributed by atoms with Crippen molar-refractivity contribution in [2.75, 3.05) is 0 Å². The number of aromatic nitrogens is 1. The highest BCUT2D eigenvalue weighted by Gasteiger charge is 2.17. The summed E-state index contributed by atoms with van der Waals surface area (Å²) in [6, 6.07) is 5.72. The lowest BCUT2D eigenvalue weighted by molar-refractivity contribution is -0.114. The van der Waals surface area contributed by atoms with Gasteiger partial charge in [0.25, 0.3) is 5.91 Å². The van der Waals surface area contributed by atoms with Crippen LogP contribution in [0.15, 0.2) is 41.7 Å². The molecule has 1 aromatic rings. The molecule has 1 aliphatic heterocycles. The van der Waals surface area contributed by atoms with Crippen molar-refractivity contribution in [3.05, 3.63) is 42.4 Å². The molecule has 0 aromatic carbocycles. The third-order valence-corrected chi connectivity index (χ3v) is 2.71. The first-order valence-electron chi connectivity index (χ1n) is 4.37. The molecular weight excluding hydrogens is 210 g/mol. The van der Waals surface area contributed by atoms with Crippen LogP contribution in [-0.2, 0) is 10.5 Å². The molecule has 0 saturated carbocycles. The summed E-state index contributed by atoms with van der Waals surface area (Å²) in [6.07, 6.45) is 1.74. The number of nitrogens with one attached hydrogen (secondary N) is 1. The van der Waals surface area contributed by atoms with E-state index in [4.69, 9.17) is 0 Å². The quantitative estimate of drug-likeness (QED) is 0.762. The Bertz CT molecular complexity index is 428. The number of aliphatic imine (C=N–C) groups is 1. The van der Waals surface area contributed by atoms with Crippen molar-refractivity contribution in [3.63, 3.8) is 0 Å². The van der Waals surface area contributed by atoms with Gasteiger partial charge in [-0.1, -0.05) is 24.4 Å². The fourth-order valence-corrected chi connectivity index (χ4v) is 1.86. The van der Waals surface area contributed by atoms with Gasteiger partial charge in [-0.3, -0.25) is 9.78 Å².